The summed E-state index contributed by atoms with van der Waals surface area (Å²) in [6.07, 6.45) is -5.33. The van der Waals surface area contributed by atoms with Crippen LogP contribution >= 0.6 is 0 Å². The number of hydrogen-bond donors (Lipinski definition) is 1. The molecule has 0 bridgehead atoms. The number of alkyl halides is 3. The largest absolute Gasteiger partial charge is 0.416 e. The summed E-state index contributed by atoms with van der Waals surface area (Å²) < 4.78 is 43.2. The van der Waals surface area contributed by atoms with Gasteiger partial charge in [-0.15, -0.1) is 0 Å². The number of ether oxygens (including phenoxy) is 1. The van der Waals surface area contributed by atoms with Gasteiger partial charge in [0.2, 0.25) is 5.91 Å². The molecule has 0 saturated carbocycles. The molecule has 22 heavy (non-hydrogen) atoms. The molecule has 7 heteroatoms. The van der Waals surface area contributed by atoms with E-state index in [9.17, 15) is 23.1 Å². The highest BCUT2D eigenvalue weighted by atomic mass is 19.4. The van der Waals surface area contributed by atoms with E-state index in [0.717, 1.165) is 12.1 Å². The fourth-order valence-electron chi connectivity index (χ4n) is 2.56. The van der Waals surface area contributed by atoms with Gasteiger partial charge in [-0.2, -0.15) is 13.2 Å². The Balaban J connectivity index is 2.10. The number of carbonyl (C=O) groups is 1. The first kappa shape index (κ1) is 16.8. The number of amides is 1. The standard InChI is InChI=1S/C15H18F3NO3/c1-2-19(12-8-22-9-13(12)20)14(21)7-10-4-3-5-11(6-10)15(16,17)18/h3-6,12-13,20H,2,7-9H2,1H3/t12-,13-/m1/s1. The second-order valence-corrected chi connectivity index (χ2v) is 5.23. The number of benzene rings is 1. The Kier molecular flexibility index (Phi) is 5.08. The second-order valence-electron chi connectivity index (χ2n) is 5.23. The molecule has 1 aromatic carbocycles. The van der Waals surface area contributed by atoms with Gasteiger partial charge in [0.25, 0.3) is 0 Å². The van der Waals surface area contributed by atoms with Crippen molar-refractivity contribution < 1.29 is 27.8 Å². The maximum absolute atomic E-state index is 12.7. The van der Waals surface area contributed by atoms with Crippen molar-refractivity contribution in [2.24, 2.45) is 0 Å². The molecule has 2 atom stereocenters. The van der Waals surface area contributed by atoms with Crippen molar-refractivity contribution in [1.29, 1.82) is 0 Å². The van der Waals surface area contributed by atoms with E-state index in [4.69, 9.17) is 4.74 Å². The maximum atomic E-state index is 12.7. The lowest BCUT2D eigenvalue weighted by atomic mass is 10.1. The van der Waals surface area contributed by atoms with Crippen molar-refractivity contribution >= 4 is 5.91 Å². The number of aliphatic hydroxyl groups excluding tert-OH is 1. The molecule has 1 aromatic rings. The Hall–Kier alpha value is -1.60. The molecule has 1 saturated heterocycles. The van der Waals surface area contributed by atoms with Crippen molar-refractivity contribution in [3.05, 3.63) is 35.4 Å². The van der Waals surface area contributed by atoms with Gasteiger partial charge in [0.1, 0.15) is 0 Å². The Labute approximate surface area is 126 Å². The molecule has 0 spiro atoms. The highest BCUT2D eigenvalue weighted by Gasteiger charge is 2.34. The van der Waals surface area contributed by atoms with Crippen molar-refractivity contribution in [2.45, 2.75) is 31.7 Å². The monoisotopic (exact) mass is 317 g/mol. The lowest BCUT2D eigenvalue weighted by Crippen LogP contribution is -2.47. The fraction of sp³-hybridized carbons (Fsp3) is 0.533. The summed E-state index contributed by atoms with van der Waals surface area (Å²) in [5, 5.41) is 9.79. The molecule has 1 aliphatic heterocycles. The third-order valence-electron chi connectivity index (χ3n) is 3.69. The van der Waals surface area contributed by atoms with Gasteiger partial charge in [-0.05, 0) is 18.6 Å². The minimum Gasteiger partial charge on any atom is -0.388 e. The van der Waals surface area contributed by atoms with E-state index in [-0.39, 0.29) is 25.5 Å². The molecular weight excluding hydrogens is 299 g/mol. The zero-order valence-electron chi connectivity index (χ0n) is 12.1. The van der Waals surface area contributed by atoms with E-state index in [0.29, 0.717) is 12.1 Å². The van der Waals surface area contributed by atoms with Crippen molar-refractivity contribution in [3.63, 3.8) is 0 Å². The summed E-state index contributed by atoms with van der Waals surface area (Å²) in [4.78, 5) is 13.8. The minimum atomic E-state index is -4.43. The summed E-state index contributed by atoms with van der Waals surface area (Å²) >= 11 is 0. The molecule has 1 amide bonds. The number of nitrogens with zero attached hydrogens (tertiary/aromatic N) is 1. The maximum Gasteiger partial charge on any atom is 0.416 e. The van der Waals surface area contributed by atoms with Crippen LogP contribution in [0, 0.1) is 0 Å². The molecule has 122 valence electrons. The van der Waals surface area contributed by atoms with Gasteiger partial charge in [-0.1, -0.05) is 18.2 Å². The van der Waals surface area contributed by atoms with Crippen LogP contribution in [0.1, 0.15) is 18.1 Å². The molecule has 1 N–H and O–H groups in total. The summed E-state index contributed by atoms with van der Waals surface area (Å²) in [6.45, 7) is 2.53. The van der Waals surface area contributed by atoms with Gasteiger partial charge in [0, 0.05) is 6.54 Å². The van der Waals surface area contributed by atoms with E-state index in [1.165, 1.54) is 17.0 Å². The molecule has 1 fully saturated rings. The van der Waals surface area contributed by atoms with E-state index in [1.807, 2.05) is 0 Å². The van der Waals surface area contributed by atoms with Crippen molar-refractivity contribution in [1.82, 2.24) is 4.90 Å². The smallest absolute Gasteiger partial charge is 0.388 e. The number of likely N-dealkylation sites (N-methyl/N-ethyl adjacent to an activating group) is 1. The molecule has 0 aliphatic carbocycles. The van der Waals surface area contributed by atoms with E-state index in [1.54, 1.807) is 6.92 Å². The van der Waals surface area contributed by atoms with Crippen LogP contribution in [-0.2, 0) is 22.1 Å². The fourth-order valence-corrected chi connectivity index (χ4v) is 2.56. The van der Waals surface area contributed by atoms with Crippen LogP contribution in [0.4, 0.5) is 13.2 Å². The Bertz CT molecular complexity index is 533. The van der Waals surface area contributed by atoms with Gasteiger partial charge < -0.3 is 14.7 Å². The van der Waals surface area contributed by atoms with Crippen molar-refractivity contribution in [3.8, 4) is 0 Å². The summed E-state index contributed by atoms with van der Waals surface area (Å²) in [5.74, 6) is -0.323. The highest BCUT2D eigenvalue weighted by Crippen LogP contribution is 2.29. The Morgan fingerprint density at radius 3 is 2.68 bits per heavy atom. The van der Waals surface area contributed by atoms with Gasteiger partial charge in [0.05, 0.1) is 37.3 Å². The first-order valence-electron chi connectivity index (χ1n) is 7.04. The van der Waals surface area contributed by atoms with Gasteiger partial charge in [0.15, 0.2) is 0 Å². The molecule has 0 aromatic heterocycles. The van der Waals surface area contributed by atoms with Crippen LogP contribution in [-0.4, -0.2) is 47.8 Å². The van der Waals surface area contributed by atoms with Crippen LogP contribution in [0.15, 0.2) is 24.3 Å². The first-order chi connectivity index (χ1) is 10.3. The Morgan fingerprint density at radius 2 is 2.14 bits per heavy atom. The van der Waals surface area contributed by atoms with Crippen molar-refractivity contribution in [2.75, 3.05) is 19.8 Å². The molecule has 0 unspecified atom stereocenters. The van der Waals surface area contributed by atoms with E-state index in [2.05, 4.69) is 0 Å². The average Bonchev–Trinajstić information content (AvgIpc) is 2.85. The zero-order valence-corrected chi connectivity index (χ0v) is 12.1. The van der Waals surface area contributed by atoms with Crippen LogP contribution in [0.3, 0.4) is 0 Å². The van der Waals surface area contributed by atoms with Crippen LogP contribution in [0.2, 0.25) is 0 Å². The lowest BCUT2D eigenvalue weighted by molar-refractivity contribution is -0.138. The SMILES string of the molecule is CCN(C(=O)Cc1cccc(C(F)(F)F)c1)[C@@H]1COC[C@H]1O. The number of hydrogen-bond acceptors (Lipinski definition) is 3. The average molecular weight is 317 g/mol. The topological polar surface area (TPSA) is 49.8 Å². The van der Waals surface area contributed by atoms with Gasteiger partial charge >= 0.3 is 6.18 Å². The molecule has 1 heterocycles. The van der Waals surface area contributed by atoms with Crippen LogP contribution < -0.4 is 0 Å². The lowest BCUT2D eigenvalue weighted by Gasteiger charge is -2.29. The minimum absolute atomic E-state index is 0.138. The molecule has 4 nitrogen and oxygen atoms in total. The third kappa shape index (κ3) is 3.78. The highest BCUT2D eigenvalue weighted by molar-refractivity contribution is 5.79. The molecular formula is C15H18F3NO3. The summed E-state index contributed by atoms with van der Waals surface area (Å²) in [7, 11) is 0. The second kappa shape index (κ2) is 6.66. The van der Waals surface area contributed by atoms with E-state index < -0.39 is 23.9 Å². The Morgan fingerprint density at radius 1 is 1.41 bits per heavy atom. The van der Waals surface area contributed by atoms with Crippen LogP contribution in [0.5, 0.6) is 0 Å². The van der Waals surface area contributed by atoms with Gasteiger partial charge in [-0.25, -0.2) is 0 Å². The zero-order chi connectivity index (χ0) is 16.3. The van der Waals surface area contributed by atoms with Gasteiger partial charge in [-0.3, -0.25) is 4.79 Å². The summed E-state index contributed by atoms with van der Waals surface area (Å²) in [6, 6.07) is 4.29. The summed E-state index contributed by atoms with van der Waals surface area (Å²) in [5.41, 5.74) is -0.475. The predicted molar refractivity (Wildman–Crippen MR) is 73.1 cm³/mol. The number of carbonyl (C=O) groups excluding carboxylic acids is 1. The third-order valence-corrected chi connectivity index (χ3v) is 3.69. The molecule has 1 aliphatic rings. The van der Waals surface area contributed by atoms with E-state index >= 15 is 0 Å². The van der Waals surface area contributed by atoms with Crippen LogP contribution in [0.25, 0.3) is 0 Å². The molecule has 0 radical (unpaired) electrons. The quantitative estimate of drug-likeness (QED) is 0.922. The predicted octanol–water partition coefficient (Wildman–Crippen LogP) is 1.86. The normalized spacial score (nSPS) is 21.9. The number of aliphatic hydroxyl groups is 1. The molecule has 2 rings (SSSR count). The number of halogens is 3. The number of rotatable bonds is 4. The first-order valence-corrected chi connectivity index (χ1v) is 7.04.